The maximum atomic E-state index is 15.3. The smallest absolute Gasteiger partial charge is 0.341 e. The lowest BCUT2D eigenvalue weighted by atomic mass is 9.77. The Morgan fingerprint density at radius 2 is 1.44 bits per heavy atom. The molecule has 1 saturated carbocycles. The lowest BCUT2D eigenvalue weighted by molar-refractivity contribution is 0.0686. The molecule has 1 aliphatic rings. The Balaban J connectivity index is 1.72. The Kier molecular flexibility index (Phi) is 7.76. The molecule has 3 aromatic rings. The third kappa shape index (κ3) is 5.15. The molecule has 1 aliphatic carbocycles. The highest BCUT2D eigenvalue weighted by molar-refractivity contribution is 5.94. The lowest BCUT2D eigenvalue weighted by Crippen LogP contribution is -2.13. The molecule has 0 radical (unpaired) electrons. The predicted octanol–water partition coefficient (Wildman–Crippen LogP) is 8.88. The normalized spacial score (nSPS) is 17.8. The number of halogens is 5. The van der Waals surface area contributed by atoms with Crippen LogP contribution in [0.3, 0.4) is 0 Å². The van der Waals surface area contributed by atoms with E-state index in [1.807, 2.05) is 12.1 Å². The summed E-state index contributed by atoms with van der Waals surface area (Å²) in [5, 5.41) is 9.29. The van der Waals surface area contributed by atoms with E-state index in [0.29, 0.717) is 23.6 Å². The van der Waals surface area contributed by atoms with Crippen LogP contribution in [0.15, 0.2) is 42.5 Å². The van der Waals surface area contributed by atoms with Gasteiger partial charge in [-0.3, -0.25) is 0 Å². The van der Waals surface area contributed by atoms with Gasteiger partial charge in [0.25, 0.3) is 0 Å². The van der Waals surface area contributed by atoms with Crippen LogP contribution in [0, 0.1) is 35.0 Å². The zero-order valence-electron chi connectivity index (χ0n) is 19.9. The molecule has 0 unspecified atom stereocenters. The Bertz CT molecular complexity index is 1240. The zero-order valence-corrected chi connectivity index (χ0v) is 19.9. The van der Waals surface area contributed by atoms with Crippen LogP contribution < -0.4 is 0 Å². The van der Waals surface area contributed by atoms with E-state index in [0.717, 1.165) is 43.2 Å². The van der Waals surface area contributed by atoms with Crippen LogP contribution in [-0.2, 0) is 0 Å². The van der Waals surface area contributed by atoms with Crippen molar-refractivity contribution in [2.45, 2.75) is 57.8 Å². The Morgan fingerprint density at radius 1 is 0.833 bits per heavy atom. The van der Waals surface area contributed by atoms with E-state index in [1.165, 1.54) is 19.3 Å². The molecule has 1 N–H and O–H groups in total. The standard InChI is InChI=1S/C29H27F5O2/c1-2-3-4-16-5-7-17(8-6-16)18-9-11-19(12-10-18)21-15-22(30)26(29(35)36)28(34)25(21)20-13-23(31)27(33)24(32)14-20/h9-17H,2-8H2,1H3,(H,35,36)/t16-,17-. The quantitative estimate of drug-likeness (QED) is 0.259. The van der Waals surface area contributed by atoms with E-state index < -0.39 is 51.7 Å². The van der Waals surface area contributed by atoms with Gasteiger partial charge in [0.05, 0.1) is 0 Å². The number of benzene rings is 3. The molecule has 0 spiro atoms. The minimum atomic E-state index is -1.87. The second kappa shape index (κ2) is 10.8. The molecule has 0 saturated heterocycles. The molecule has 0 aromatic heterocycles. The minimum Gasteiger partial charge on any atom is -0.477 e. The van der Waals surface area contributed by atoms with Crippen molar-refractivity contribution in [1.82, 2.24) is 0 Å². The summed E-state index contributed by atoms with van der Waals surface area (Å²) in [6.07, 6.45) is 8.11. The van der Waals surface area contributed by atoms with Crippen LogP contribution in [0.5, 0.6) is 0 Å². The number of hydrogen-bond donors (Lipinski definition) is 1. The molecule has 36 heavy (non-hydrogen) atoms. The van der Waals surface area contributed by atoms with Gasteiger partial charge in [-0.15, -0.1) is 0 Å². The zero-order chi connectivity index (χ0) is 26.0. The van der Waals surface area contributed by atoms with Crippen LogP contribution >= 0.6 is 0 Å². The second-order valence-corrected chi connectivity index (χ2v) is 9.51. The van der Waals surface area contributed by atoms with Crippen LogP contribution in [0.25, 0.3) is 22.3 Å². The molecule has 0 aliphatic heterocycles. The fraction of sp³-hybridized carbons (Fsp3) is 0.345. The third-order valence-corrected chi connectivity index (χ3v) is 7.21. The van der Waals surface area contributed by atoms with Crippen molar-refractivity contribution in [1.29, 1.82) is 0 Å². The topological polar surface area (TPSA) is 37.3 Å². The van der Waals surface area contributed by atoms with Crippen LogP contribution in [0.2, 0.25) is 0 Å². The van der Waals surface area contributed by atoms with Gasteiger partial charge >= 0.3 is 5.97 Å². The number of carboxylic acid groups (broad SMARTS) is 1. The van der Waals surface area contributed by atoms with Gasteiger partial charge in [-0.2, -0.15) is 0 Å². The van der Waals surface area contributed by atoms with Gasteiger partial charge in [-0.05, 0) is 78.0 Å². The van der Waals surface area contributed by atoms with Crippen molar-refractivity contribution in [2.75, 3.05) is 0 Å². The fourth-order valence-electron chi connectivity index (χ4n) is 5.24. The highest BCUT2D eigenvalue weighted by Crippen LogP contribution is 2.41. The summed E-state index contributed by atoms with van der Waals surface area (Å²) in [6, 6.07) is 9.00. The predicted molar refractivity (Wildman–Crippen MR) is 128 cm³/mol. The summed E-state index contributed by atoms with van der Waals surface area (Å²) in [4.78, 5) is 11.5. The Hall–Kier alpha value is -3.22. The first-order valence-electron chi connectivity index (χ1n) is 12.2. The number of carboxylic acids is 1. The summed E-state index contributed by atoms with van der Waals surface area (Å²) in [6.45, 7) is 2.19. The lowest BCUT2D eigenvalue weighted by Gasteiger charge is -2.29. The van der Waals surface area contributed by atoms with Crippen molar-refractivity contribution in [3.8, 4) is 22.3 Å². The SMILES string of the molecule is CCCC[C@H]1CC[C@H](c2ccc(-c3cc(F)c(C(=O)O)c(F)c3-c3cc(F)c(F)c(F)c3)cc2)CC1. The minimum absolute atomic E-state index is 0.0877. The van der Waals surface area contributed by atoms with Crippen molar-refractivity contribution in [2.24, 2.45) is 5.92 Å². The molecule has 0 amide bonds. The van der Waals surface area contributed by atoms with Gasteiger partial charge in [0.15, 0.2) is 17.5 Å². The van der Waals surface area contributed by atoms with Gasteiger partial charge in [0, 0.05) is 5.56 Å². The fourth-order valence-corrected chi connectivity index (χ4v) is 5.24. The summed E-state index contributed by atoms with van der Waals surface area (Å²) >= 11 is 0. The molecule has 2 nitrogen and oxygen atoms in total. The molecule has 0 bridgehead atoms. The van der Waals surface area contributed by atoms with E-state index in [4.69, 9.17) is 0 Å². The first kappa shape index (κ1) is 25.9. The molecule has 190 valence electrons. The monoisotopic (exact) mass is 502 g/mol. The number of unbranched alkanes of at least 4 members (excludes halogenated alkanes) is 1. The van der Waals surface area contributed by atoms with E-state index >= 15 is 4.39 Å². The molecular weight excluding hydrogens is 475 g/mol. The number of rotatable bonds is 7. The van der Waals surface area contributed by atoms with Gasteiger partial charge in [0.1, 0.15) is 17.2 Å². The highest BCUT2D eigenvalue weighted by Gasteiger charge is 2.27. The van der Waals surface area contributed by atoms with E-state index in [1.54, 1.807) is 12.1 Å². The first-order chi connectivity index (χ1) is 17.2. The maximum absolute atomic E-state index is 15.3. The van der Waals surface area contributed by atoms with Crippen LogP contribution in [0.1, 0.15) is 73.7 Å². The van der Waals surface area contributed by atoms with E-state index in [9.17, 15) is 27.5 Å². The van der Waals surface area contributed by atoms with Gasteiger partial charge in [-0.1, -0.05) is 50.5 Å². The average Bonchev–Trinajstić information content (AvgIpc) is 2.85. The summed E-state index contributed by atoms with van der Waals surface area (Å²) in [5.74, 6) is -8.44. The van der Waals surface area contributed by atoms with Gasteiger partial charge in [-0.25, -0.2) is 26.7 Å². The summed E-state index contributed by atoms with van der Waals surface area (Å²) in [5.41, 5.74) is -0.862. The third-order valence-electron chi connectivity index (χ3n) is 7.21. The summed E-state index contributed by atoms with van der Waals surface area (Å²) in [7, 11) is 0. The Labute approximate surface area is 206 Å². The molecule has 3 aromatic carbocycles. The van der Waals surface area contributed by atoms with Gasteiger partial charge < -0.3 is 5.11 Å². The average molecular weight is 503 g/mol. The number of aromatic carboxylic acids is 1. The Morgan fingerprint density at radius 3 is 2.00 bits per heavy atom. The van der Waals surface area contributed by atoms with Gasteiger partial charge in [0.2, 0.25) is 0 Å². The molecule has 1 fully saturated rings. The van der Waals surface area contributed by atoms with Crippen LogP contribution in [0.4, 0.5) is 22.0 Å². The molecule has 0 heterocycles. The highest BCUT2D eigenvalue weighted by atomic mass is 19.2. The van der Waals surface area contributed by atoms with E-state index in [2.05, 4.69) is 6.92 Å². The molecular formula is C29H27F5O2. The van der Waals surface area contributed by atoms with Crippen LogP contribution in [-0.4, -0.2) is 11.1 Å². The summed E-state index contributed by atoms with van der Waals surface area (Å²) < 4.78 is 71.4. The van der Waals surface area contributed by atoms with Crippen molar-refractivity contribution in [3.05, 3.63) is 82.7 Å². The molecule has 0 atom stereocenters. The second-order valence-electron chi connectivity index (χ2n) is 9.51. The maximum Gasteiger partial charge on any atom is 0.341 e. The molecule has 4 rings (SSSR count). The van der Waals surface area contributed by atoms with Crippen molar-refractivity contribution >= 4 is 5.97 Å². The van der Waals surface area contributed by atoms with E-state index in [-0.39, 0.29) is 5.56 Å². The largest absolute Gasteiger partial charge is 0.477 e. The molecule has 7 heteroatoms. The first-order valence-corrected chi connectivity index (χ1v) is 12.2. The number of hydrogen-bond acceptors (Lipinski definition) is 1. The van der Waals surface area contributed by atoms with Crippen molar-refractivity contribution in [3.63, 3.8) is 0 Å². The van der Waals surface area contributed by atoms with Crippen molar-refractivity contribution < 1.29 is 31.9 Å². The number of carbonyl (C=O) groups is 1.